The quantitative estimate of drug-likeness (QED) is 0.199. The number of esters is 2. The summed E-state index contributed by atoms with van der Waals surface area (Å²) in [5, 5.41) is 0. The van der Waals surface area contributed by atoms with Crippen LogP contribution in [0.5, 0.6) is 23.0 Å². The van der Waals surface area contributed by atoms with Gasteiger partial charge in [-0.05, 0) is 74.4 Å². The number of aromatic nitrogens is 1. The van der Waals surface area contributed by atoms with E-state index in [1.165, 1.54) is 22.8 Å². The van der Waals surface area contributed by atoms with Crippen molar-refractivity contribution in [2.45, 2.75) is 33.7 Å². The van der Waals surface area contributed by atoms with Gasteiger partial charge in [-0.25, -0.2) is 9.79 Å². The number of carbonyl (C=O) groups is 2. The molecule has 43 heavy (non-hydrogen) atoms. The lowest BCUT2D eigenvalue weighted by atomic mass is 9.95. The van der Waals surface area contributed by atoms with E-state index in [0.29, 0.717) is 44.4 Å². The molecular formula is C33H30N2O7S. The van der Waals surface area contributed by atoms with E-state index >= 15 is 0 Å². The molecule has 1 unspecified atom stereocenters. The van der Waals surface area contributed by atoms with Gasteiger partial charge in [0, 0.05) is 6.92 Å². The lowest BCUT2D eigenvalue weighted by Crippen LogP contribution is -2.40. The van der Waals surface area contributed by atoms with Crippen molar-refractivity contribution in [3.05, 3.63) is 115 Å². The molecule has 0 amide bonds. The van der Waals surface area contributed by atoms with Crippen molar-refractivity contribution >= 4 is 29.4 Å². The van der Waals surface area contributed by atoms with Crippen LogP contribution in [-0.4, -0.2) is 29.7 Å². The largest absolute Gasteiger partial charge is 0.490 e. The fourth-order valence-electron chi connectivity index (χ4n) is 4.75. The maximum absolute atomic E-state index is 14.0. The maximum atomic E-state index is 14.0. The Morgan fingerprint density at radius 1 is 0.953 bits per heavy atom. The first-order chi connectivity index (χ1) is 20.8. The van der Waals surface area contributed by atoms with Crippen molar-refractivity contribution in [1.29, 1.82) is 0 Å². The second kappa shape index (κ2) is 12.9. The third kappa shape index (κ3) is 6.44. The highest BCUT2D eigenvalue weighted by atomic mass is 32.1. The number of ether oxygens (including phenoxy) is 4. The molecule has 1 atom stereocenters. The summed E-state index contributed by atoms with van der Waals surface area (Å²) in [7, 11) is 0. The van der Waals surface area contributed by atoms with Gasteiger partial charge in [-0.15, -0.1) is 0 Å². The first-order valence-electron chi connectivity index (χ1n) is 13.8. The number of hydrogen-bond acceptors (Lipinski definition) is 9. The Bertz CT molecular complexity index is 1890. The lowest BCUT2D eigenvalue weighted by molar-refractivity contribution is -0.139. The number of benzene rings is 3. The highest BCUT2D eigenvalue weighted by molar-refractivity contribution is 7.07. The standard InChI is InChI=1S/C33H30N2O7S/c1-5-39-27-19-23(15-16-26(27)41-21(4)36)30-29(32(38)40-6-2)20(3)34-33-35(30)31(37)28(43-33)18-22-11-10-14-25(17-22)42-24-12-8-7-9-13-24/h7-19,30H,5-6H2,1-4H3/b28-18+. The lowest BCUT2D eigenvalue weighted by Gasteiger charge is -2.25. The van der Waals surface area contributed by atoms with Crippen molar-refractivity contribution < 1.29 is 28.5 Å². The molecular weight excluding hydrogens is 568 g/mol. The monoisotopic (exact) mass is 598 g/mol. The Hall–Kier alpha value is -4.96. The van der Waals surface area contributed by atoms with Crippen molar-refractivity contribution in [2.75, 3.05) is 13.2 Å². The average Bonchev–Trinajstić information content (AvgIpc) is 3.27. The van der Waals surface area contributed by atoms with Crippen molar-refractivity contribution in [3.8, 4) is 23.0 Å². The summed E-state index contributed by atoms with van der Waals surface area (Å²) >= 11 is 1.22. The summed E-state index contributed by atoms with van der Waals surface area (Å²) in [6.45, 7) is 7.01. The van der Waals surface area contributed by atoms with E-state index in [-0.39, 0.29) is 23.5 Å². The minimum Gasteiger partial charge on any atom is -0.490 e. The van der Waals surface area contributed by atoms with Gasteiger partial charge in [-0.1, -0.05) is 47.7 Å². The summed E-state index contributed by atoms with van der Waals surface area (Å²) in [4.78, 5) is 44.0. The summed E-state index contributed by atoms with van der Waals surface area (Å²) in [6, 6.07) is 21.0. The maximum Gasteiger partial charge on any atom is 0.338 e. The normalized spacial score (nSPS) is 14.5. The van der Waals surface area contributed by atoms with E-state index in [9.17, 15) is 14.4 Å². The van der Waals surface area contributed by atoms with E-state index < -0.39 is 18.0 Å². The Labute approximate surface area is 252 Å². The molecule has 1 aliphatic rings. The highest BCUT2D eigenvalue weighted by Gasteiger charge is 2.34. The minimum absolute atomic E-state index is 0.156. The zero-order chi connectivity index (χ0) is 30.5. The fourth-order valence-corrected chi connectivity index (χ4v) is 5.80. The molecule has 3 aromatic carbocycles. The van der Waals surface area contributed by atoms with Gasteiger partial charge in [-0.3, -0.25) is 14.2 Å². The number of nitrogens with zero attached hydrogens (tertiary/aromatic N) is 2. The summed E-state index contributed by atoms with van der Waals surface area (Å²) in [5.41, 5.74) is 1.70. The van der Waals surface area contributed by atoms with Crippen molar-refractivity contribution in [2.24, 2.45) is 4.99 Å². The van der Waals surface area contributed by atoms with Gasteiger partial charge in [-0.2, -0.15) is 0 Å². The van der Waals surface area contributed by atoms with Crippen LogP contribution in [-0.2, 0) is 14.3 Å². The molecule has 0 bridgehead atoms. The molecule has 0 saturated carbocycles. The van der Waals surface area contributed by atoms with Gasteiger partial charge >= 0.3 is 11.9 Å². The molecule has 0 saturated heterocycles. The highest BCUT2D eigenvalue weighted by Crippen LogP contribution is 2.36. The third-order valence-corrected chi connectivity index (χ3v) is 7.47. The van der Waals surface area contributed by atoms with Crippen LogP contribution < -0.4 is 29.1 Å². The number of rotatable bonds is 9. The van der Waals surface area contributed by atoms with Gasteiger partial charge in [0.2, 0.25) is 0 Å². The van der Waals surface area contributed by atoms with Crippen LogP contribution in [0.1, 0.15) is 44.9 Å². The molecule has 0 aliphatic carbocycles. The smallest absolute Gasteiger partial charge is 0.338 e. The van der Waals surface area contributed by atoms with Crippen LogP contribution >= 0.6 is 11.3 Å². The van der Waals surface area contributed by atoms with Gasteiger partial charge in [0.05, 0.1) is 35.1 Å². The van der Waals surface area contributed by atoms with E-state index in [4.69, 9.17) is 18.9 Å². The number of allylic oxidation sites excluding steroid dienone is 1. The topological polar surface area (TPSA) is 105 Å². The van der Waals surface area contributed by atoms with Crippen LogP contribution in [0.3, 0.4) is 0 Å². The van der Waals surface area contributed by atoms with Crippen LogP contribution in [0.2, 0.25) is 0 Å². The minimum atomic E-state index is -0.851. The zero-order valence-corrected chi connectivity index (χ0v) is 25.0. The molecule has 0 N–H and O–H groups in total. The summed E-state index contributed by atoms with van der Waals surface area (Å²) < 4.78 is 24.4. The molecule has 1 aliphatic heterocycles. The number of carbonyl (C=O) groups excluding carboxylic acids is 2. The van der Waals surface area contributed by atoms with Gasteiger partial charge in [0.1, 0.15) is 11.5 Å². The number of thiazole rings is 1. The van der Waals surface area contributed by atoms with E-state index in [0.717, 1.165) is 5.56 Å². The van der Waals surface area contributed by atoms with Crippen LogP contribution in [0.15, 0.2) is 93.9 Å². The Morgan fingerprint density at radius 3 is 2.44 bits per heavy atom. The first-order valence-corrected chi connectivity index (χ1v) is 14.6. The number of hydrogen-bond donors (Lipinski definition) is 0. The van der Waals surface area contributed by atoms with Crippen LogP contribution in [0.4, 0.5) is 0 Å². The molecule has 9 nitrogen and oxygen atoms in total. The Balaban J connectivity index is 1.63. The van der Waals surface area contributed by atoms with Gasteiger partial charge in [0.25, 0.3) is 5.56 Å². The molecule has 2 heterocycles. The van der Waals surface area contributed by atoms with Crippen molar-refractivity contribution in [1.82, 2.24) is 4.57 Å². The van der Waals surface area contributed by atoms with Gasteiger partial charge < -0.3 is 18.9 Å². The van der Waals surface area contributed by atoms with Crippen LogP contribution in [0, 0.1) is 0 Å². The van der Waals surface area contributed by atoms with Crippen molar-refractivity contribution in [3.63, 3.8) is 0 Å². The number of para-hydroxylation sites is 1. The molecule has 220 valence electrons. The Morgan fingerprint density at radius 2 is 1.72 bits per heavy atom. The molecule has 4 aromatic rings. The first kappa shape index (κ1) is 29.5. The van der Waals surface area contributed by atoms with Crippen LogP contribution in [0.25, 0.3) is 6.08 Å². The predicted molar refractivity (Wildman–Crippen MR) is 162 cm³/mol. The third-order valence-electron chi connectivity index (χ3n) is 6.49. The molecule has 5 rings (SSSR count). The number of fused-ring (bicyclic) bond motifs is 1. The Kier molecular flexibility index (Phi) is 8.87. The second-order valence-electron chi connectivity index (χ2n) is 9.52. The second-order valence-corrected chi connectivity index (χ2v) is 10.5. The molecule has 10 heteroatoms. The molecule has 0 fully saturated rings. The molecule has 0 spiro atoms. The zero-order valence-electron chi connectivity index (χ0n) is 24.2. The van der Waals surface area contributed by atoms with E-state index in [1.807, 2.05) is 54.6 Å². The fraction of sp³-hybridized carbons (Fsp3) is 0.212. The van der Waals surface area contributed by atoms with E-state index in [2.05, 4.69) is 4.99 Å². The summed E-state index contributed by atoms with van der Waals surface area (Å²) in [5.74, 6) is 0.806. The molecule has 0 radical (unpaired) electrons. The SMILES string of the molecule is CCOC(=O)C1=C(C)N=c2s/c(=C/c3cccc(Oc4ccccc4)c3)c(=O)n2C1c1ccc(OC(C)=O)c(OCC)c1. The predicted octanol–water partition coefficient (Wildman–Crippen LogP) is 4.91. The van der Waals surface area contributed by atoms with E-state index in [1.54, 1.807) is 45.0 Å². The molecule has 1 aromatic heterocycles. The summed E-state index contributed by atoms with van der Waals surface area (Å²) in [6.07, 6.45) is 1.78. The average molecular weight is 599 g/mol. The van der Waals surface area contributed by atoms with Gasteiger partial charge in [0.15, 0.2) is 16.3 Å².